The normalized spacial score (nSPS) is 18.3. The number of fused-ring (bicyclic) bond motifs is 1. The van der Waals surface area contributed by atoms with Crippen LogP contribution in [0.5, 0.6) is 11.5 Å². The number of aromatic nitrogens is 1. The Bertz CT molecular complexity index is 1090. The molecule has 9 heteroatoms. The van der Waals surface area contributed by atoms with E-state index in [0.717, 1.165) is 0 Å². The molecule has 2 aromatic rings. The van der Waals surface area contributed by atoms with E-state index in [-0.39, 0.29) is 42.4 Å². The Hall–Kier alpha value is -3.36. The number of ether oxygens (including phenoxy) is 3. The minimum Gasteiger partial charge on any atom is -0.505 e. The van der Waals surface area contributed by atoms with Crippen LogP contribution in [0.4, 0.5) is 4.79 Å². The van der Waals surface area contributed by atoms with Gasteiger partial charge in [0.2, 0.25) is 0 Å². The van der Waals surface area contributed by atoms with Crippen LogP contribution in [-0.4, -0.2) is 65.2 Å². The number of pyridine rings is 1. The number of esters is 1. The fourth-order valence-corrected chi connectivity index (χ4v) is 4.08. The first-order chi connectivity index (χ1) is 15.4. The highest BCUT2D eigenvalue weighted by Gasteiger charge is 2.43. The number of aromatic hydroxyl groups is 1. The van der Waals surface area contributed by atoms with Crippen LogP contribution in [0.3, 0.4) is 0 Å². The van der Waals surface area contributed by atoms with Gasteiger partial charge in [-0.3, -0.25) is 9.69 Å². The van der Waals surface area contributed by atoms with Gasteiger partial charge in [-0.05, 0) is 58.2 Å². The second kappa shape index (κ2) is 9.25. The van der Waals surface area contributed by atoms with Crippen LogP contribution in [0, 0.1) is 12.8 Å². The zero-order chi connectivity index (χ0) is 24.5. The first kappa shape index (κ1) is 24.3. The Labute approximate surface area is 192 Å². The van der Waals surface area contributed by atoms with Gasteiger partial charge in [0.15, 0.2) is 5.78 Å². The van der Waals surface area contributed by atoms with Gasteiger partial charge in [0, 0.05) is 18.4 Å². The van der Waals surface area contributed by atoms with Crippen molar-refractivity contribution >= 4 is 28.7 Å². The third-order valence-electron chi connectivity index (χ3n) is 5.58. The van der Waals surface area contributed by atoms with E-state index in [1.807, 2.05) is 0 Å². The molecule has 1 fully saturated rings. The first-order valence-electron chi connectivity index (χ1n) is 10.7. The van der Waals surface area contributed by atoms with Crippen molar-refractivity contribution in [2.75, 3.05) is 20.8 Å². The number of likely N-dealkylation sites (tertiary alicyclic amines) is 1. The van der Waals surface area contributed by atoms with Crippen molar-refractivity contribution in [2.24, 2.45) is 5.92 Å². The van der Waals surface area contributed by atoms with Crippen LogP contribution >= 0.6 is 0 Å². The number of carbonyl (C=O) groups is 3. The lowest BCUT2D eigenvalue weighted by Crippen LogP contribution is -2.43. The molecular formula is C24H30N2O7. The van der Waals surface area contributed by atoms with E-state index < -0.39 is 23.7 Å². The predicted molar refractivity (Wildman–Crippen MR) is 120 cm³/mol. The molecule has 178 valence electrons. The van der Waals surface area contributed by atoms with Gasteiger partial charge in [0.25, 0.3) is 0 Å². The molecule has 1 amide bonds. The molecule has 1 aliphatic rings. The van der Waals surface area contributed by atoms with Gasteiger partial charge in [0.1, 0.15) is 23.1 Å². The Morgan fingerprint density at radius 2 is 1.91 bits per heavy atom. The number of aryl methyl sites for hydroxylation is 1. The lowest BCUT2D eigenvalue weighted by Gasteiger charge is -2.27. The van der Waals surface area contributed by atoms with Crippen molar-refractivity contribution in [3.63, 3.8) is 0 Å². The van der Waals surface area contributed by atoms with Crippen LogP contribution in [-0.2, 0) is 14.3 Å². The van der Waals surface area contributed by atoms with Gasteiger partial charge in [-0.2, -0.15) is 0 Å². The van der Waals surface area contributed by atoms with Gasteiger partial charge >= 0.3 is 12.1 Å². The van der Waals surface area contributed by atoms with Gasteiger partial charge < -0.3 is 19.3 Å². The van der Waals surface area contributed by atoms with Crippen LogP contribution in [0.25, 0.3) is 10.9 Å². The molecule has 0 bridgehead atoms. The zero-order valence-electron chi connectivity index (χ0n) is 19.8. The van der Waals surface area contributed by atoms with Gasteiger partial charge in [-0.1, -0.05) is 0 Å². The summed E-state index contributed by atoms with van der Waals surface area (Å²) in [6.45, 7) is 7.00. The third kappa shape index (κ3) is 5.18. The fraction of sp³-hybridized carbons (Fsp3) is 0.500. The number of nitrogens with zero attached hydrogens (tertiary/aromatic N) is 2. The highest BCUT2D eigenvalue weighted by molar-refractivity contribution is 6.10. The molecule has 0 radical (unpaired) electrons. The molecule has 0 aliphatic carbocycles. The maximum atomic E-state index is 13.4. The SMILES string of the molecule is COC(=O)C1CC(CC(=O)c2c(O)c(C)nc3ccc(OC)cc23)CN1C(=O)OC(C)(C)C. The minimum absolute atomic E-state index is 0.0239. The second-order valence-electron chi connectivity index (χ2n) is 9.20. The van der Waals surface area contributed by atoms with Gasteiger partial charge in [-0.15, -0.1) is 0 Å². The Morgan fingerprint density at radius 3 is 2.52 bits per heavy atom. The Morgan fingerprint density at radius 1 is 1.21 bits per heavy atom. The van der Waals surface area contributed by atoms with E-state index in [9.17, 15) is 19.5 Å². The Kier molecular flexibility index (Phi) is 6.81. The molecule has 33 heavy (non-hydrogen) atoms. The number of amides is 1. The van der Waals surface area contributed by atoms with E-state index >= 15 is 0 Å². The number of benzene rings is 1. The summed E-state index contributed by atoms with van der Waals surface area (Å²) in [7, 11) is 2.77. The zero-order valence-corrected chi connectivity index (χ0v) is 19.8. The number of rotatable bonds is 5. The number of ketones is 1. The summed E-state index contributed by atoms with van der Waals surface area (Å²) in [4.78, 5) is 44.0. The molecule has 1 aromatic heterocycles. The highest BCUT2D eigenvalue weighted by atomic mass is 16.6. The minimum atomic E-state index is -0.840. The summed E-state index contributed by atoms with van der Waals surface area (Å²) in [5.74, 6) is -0.844. The summed E-state index contributed by atoms with van der Waals surface area (Å²) in [6, 6.07) is 4.28. The summed E-state index contributed by atoms with van der Waals surface area (Å²) >= 11 is 0. The molecule has 1 saturated heterocycles. The molecule has 3 rings (SSSR count). The average Bonchev–Trinajstić information content (AvgIpc) is 3.16. The number of hydrogen-bond acceptors (Lipinski definition) is 8. The smallest absolute Gasteiger partial charge is 0.411 e. The third-order valence-corrected chi connectivity index (χ3v) is 5.58. The lowest BCUT2D eigenvalue weighted by molar-refractivity contribution is -0.145. The molecule has 9 nitrogen and oxygen atoms in total. The number of hydrogen-bond donors (Lipinski definition) is 1. The van der Waals surface area contributed by atoms with E-state index in [2.05, 4.69) is 4.98 Å². The number of carbonyl (C=O) groups excluding carboxylic acids is 3. The van der Waals surface area contributed by atoms with Gasteiger partial charge in [-0.25, -0.2) is 14.6 Å². The van der Waals surface area contributed by atoms with Crippen molar-refractivity contribution in [3.05, 3.63) is 29.5 Å². The van der Waals surface area contributed by atoms with Crippen LogP contribution in [0.2, 0.25) is 0 Å². The monoisotopic (exact) mass is 458 g/mol. The molecule has 0 saturated carbocycles. The van der Waals surface area contributed by atoms with Crippen LogP contribution in [0.15, 0.2) is 18.2 Å². The molecular weight excluding hydrogens is 428 g/mol. The largest absolute Gasteiger partial charge is 0.505 e. The predicted octanol–water partition coefficient (Wildman–Crippen LogP) is 3.63. The molecule has 2 heterocycles. The molecule has 1 aliphatic heterocycles. The van der Waals surface area contributed by atoms with Crippen LogP contribution < -0.4 is 4.74 Å². The van der Waals surface area contributed by atoms with E-state index in [0.29, 0.717) is 22.3 Å². The van der Waals surface area contributed by atoms with Crippen molar-refractivity contribution in [3.8, 4) is 11.5 Å². The second-order valence-corrected chi connectivity index (χ2v) is 9.20. The molecule has 1 aromatic carbocycles. The first-order valence-corrected chi connectivity index (χ1v) is 10.7. The Balaban J connectivity index is 1.90. The van der Waals surface area contributed by atoms with E-state index in [1.165, 1.54) is 19.1 Å². The van der Waals surface area contributed by atoms with Crippen molar-refractivity contribution in [1.29, 1.82) is 0 Å². The van der Waals surface area contributed by atoms with E-state index in [4.69, 9.17) is 14.2 Å². The highest BCUT2D eigenvalue weighted by Crippen LogP contribution is 2.35. The number of methoxy groups -OCH3 is 2. The molecule has 0 spiro atoms. The van der Waals surface area contributed by atoms with Crippen molar-refractivity contribution < 1.29 is 33.7 Å². The maximum Gasteiger partial charge on any atom is 0.411 e. The maximum absolute atomic E-state index is 13.4. The van der Waals surface area contributed by atoms with Crippen LogP contribution in [0.1, 0.15) is 49.7 Å². The topological polar surface area (TPSA) is 115 Å². The molecule has 1 N–H and O–H groups in total. The van der Waals surface area contributed by atoms with Gasteiger partial charge in [0.05, 0.1) is 31.0 Å². The summed E-state index contributed by atoms with van der Waals surface area (Å²) in [5, 5.41) is 11.1. The van der Waals surface area contributed by atoms with Crippen molar-refractivity contribution in [1.82, 2.24) is 9.88 Å². The fourth-order valence-electron chi connectivity index (χ4n) is 4.08. The van der Waals surface area contributed by atoms with Crippen molar-refractivity contribution in [2.45, 2.75) is 52.2 Å². The summed E-state index contributed by atoms with van der Waals surface area (Å²) < 4.78 is 15.6. The number of Topliss-reactive ketones (excluding diaryl/α,β-unsaturated/α-hetero) is 1. The molecule has 2 atom stereocenters. The van der Waals surface area contributed by atoms with E-state index in [1.54, 1.807) is 45.9 Å². The average molecular weight is 459 g/mol. The molecule has 2 unspecified atom stereocenters. The summed E-state index contributed by atoms with van der Waals surface area (Å²) in [6.07, 6.45) is -0.356. The summed E-state index contributed by atoms with van der Waals surface area (Å²) in [5.41, 5.74) is 0.319. The lowest BCUT2D eigenvalue weighted by atomic mass is 9.93. The standard InChI is InChI=1S/C24H30N2O7/c1-13-21(28)20(16-11-15(31-5)7-8-17(16)25-13)19(27)10-14-9-18(22(29)32-6)26(12-14)23(30)33-24(2,3)4/h7-8,11,14,18,28H,9-10,12H2,1-6H3. The quantitative estimate of drug-likeness (QED) is 0.534.